The fourth-order valence-electron chi connectivity index (χ4n) is 4.53. The predicted molar refractivity (Wildman–Crippen MR) is 159 cm³/mol. The summed E-state index contributed by atoms with van der Waals surface area (Å²) in [6.45, 7) is 3.50. The van der Waals surface area contributed by atoms with E-state index in [-0.39, 0.29) is 34.1 Å². The van der Waals surface area contributed by atoms with Crippen LogP contribution in [0.2, 0.25) is 0 Å². The number of unbranched alkanes of at least 4 members (excludes halogenated alkanes) is 3. The van der Waals surface area contributed by atoms with Gasteiger partial charge < -0.3 is 18.8 Å². The molecular weight excluding hydrogens is 606 g/mol. The molecule has 0 atom stereocenters. The first-order valence-electron chi connectivity index (χ1n) is 14.1. The van der Waals surface area contributed by atoms with E-state index in [1.54, 1.807) is 12.5 Å². The Balaban J connectivity index is 0.000000235. The van der Waals surface area contributed by atoms with Crippen molar-refractivity contribution >= 4 is 0 Å². The summed E-state index contributed by atoms with van der Waals surface area (Å²) in [7, 11) is 0. The van der Waals surface area contributed by atoms with Crippen LogP contribution in [0, 0.1) is 126 Å². The average Bonchev–Trinajstić information content (AvgIpc) is 3.83. The monoisotopic (exact) mass is 645 g/mol. The maximum atomic E-state index is 8.81. The van der Waals surface area contributed by atoms with Gasteiger partial charge in [0.15, 0.2) is 0 Å². The molecule has 42 heavy (non-hydrogen) atoms. The van der Waals surface area contributed by atoms with Gasteiger partial charge in [-0.3, -0.25) is 0 Å². The predicted octanol–water partition coefficient (Wildman–Crippen LogP) is 6.71. The van der Waals surface area contributed by atoms with Crippen molar-refractivity contribution in [2.75, 3.05) is 26.2 Å². The summed E-state index contributed by atoms with van der Waals surface area (Å²) < 4.78 is 10.4. The topological polar surface area (TPSA) is 49.8 Å². The number of hydrogen-bond donors (Lipinski definition) is 1. The second-order valence-electron chi connectivity index (χ2n) is 9.74. The SMILES string of the molecule is OCCCCCCN(C[C]1[CH][CH][CH][CH]1)C[C]1[CH][CH][CH][CH]1.[CH]1[CH][CH][C](c2ccco2)[CH]1.[CH]1[CH][CH][C](c2ccco2)[CH]1.[Fe+2].[Fe+2]. The van der Waals surface area contributed by atoms with Gasteiger partial charge >= 0.3 is 34.1 Å². The molecule has 4 nitrogen and oxygen atoms in total. The molecule has 4 aliphatic carbocycles. The van der Waals surface area contributed by atoms with Gasteiger partial charge in [-0.25, -0.2) is 0 Å². The van der Waals surface area contributed by atoms with Gasteiger partial charge in [0.05, 0.1) is 12.5 Å². The molecule has 0 unspecified atom stereocenters. The molecule has 218 valence electrons. The molecule has 2 aromatic heterocycles. The molecule has 0 spiro atoms. The van der Waals surface area contributed by atoms with Gasteiger partial charge in [0.2, 0.25) is 0 Å². The van der Waals surface area contributed by atoms with E-state index in [2.05, 4.69) is 56.3 Å². The van der Waals surface area contributed by atoms with Gasteiger partial charge in [-0.2, -0.15) is 0 Å². The van der Waals surface area contributed by atoms with Crippen molar-refractivity contribution in [2.24, 2.45) is 0 Å². The molecule has 0 aromatic carbocycles. The number of furan rings is 2. The van der Waals surface area contributed by atoms with E-state index in [1.807, 2.05) is 75.6 Å². The minimum atomic E-state index is 0. The summed E-state index contributed by atoms with van der Waals surface area (Å²) in [6.07, 6.45) is 41.2. The largest absolute Gasteiger partial charge is 2.00 e. The number of aliphatic hydroxyl groups is 1. The second kappa shape index (κ2) is 22.9. The van der Waals surface area contributed by atoms with E-state index in [0.29, 0.717) is 6.61 Å². The van der Waals surface area contributed by atoms with Crippen LogP contribution in [0.3, 0.4) is 0 Å². The molecule has 6 rings (SSSR count). The number of aliphatic hydroxyl groups excluding tert-OH is 1. The van der Waals surface area contributed by atoms with E-state index in [9.17, 15) is 0 Å². The zero-order valence-electron chi connectivity index (χ0n) is 23.8. The molecular formula is C36H39Fe2NO3+4. The third-order valence-corrected chi connectivity index (χ3v) is 6.59. The first-order chi connectivity index (χ1) is 19.8. The Labute approximate surface area is 278 Å². The van der Waals surface area contributed by atoms with Crippen LogP contribution in [0.4, 0.5) is 0 Å². The summed E-state index contributed by atoms with van der Waals surface area (Å²) in [5.41, 5.74) is 0. The van der Waals surface area contributed by atoms with Crippen molar-refractivity contribution in [3.05, 3.63) is 175 Å². The van der Waals surface area contributed by atoms with Crippen molar-refractivity contribution in [3.8, 4) is 0 Å². The summed E-state index contributed by atoms with van der Waals surface area (Å²) in [5, 5.41) is 8.81. The molecule has 4 aliphatic rings. The molecule has 4 saturated carbocycles. The van der Waals surface area contributed by atoms with Crippen molar-refractivity contribution in [1.29, 1.82) is 0 Å². The van der Waals surface area contributed by atoms with Crippen LogP contribution in [0.25, 0.3) is 0 Å². The first-order valence-corrected chi connectivity index (χ1v) is 14.1. The first kappa shape index (κ1) is 37.7. The number of nitrogens with zero attached hydrogens (tertiary/aromatic N) is 1. The Morgan fingerprint density at radius 3 is 1.31 bits per heavy atom. The maximum absolute atomic E-state index is 8.81. The van der Waals surface area contributed by atoms with Crippen molar-refractivity contribution in [2.45, 2.75) is 25.7 Å². The molecule has 2 aromatic rings. The molecule has 0 bridgehead atoms. The maximum Gasteiger partial charge on any atom is 2.00 e. The Hall–Kier alpha value is -0.481. The van der Waals surface area contributed by atoms with Gasteiger partial charge in [0, 0.05) is 31.5 Å². The fraction of sp³-hybridized carbons (Fsp3) is 0.222. The molecule has 2 heterocycles. The van der Waals surface area contributed by atoms with Crippen LogP contribution < -0.4 is 0 Å². The van der Waals surface area contributed by atoms with E-state index in [4.69, 9.17) is 13.9 Å². The molecule has 1 N–H and O–H groups in total. The minimum Gasteiger partial charge on any atom is -0.469 e. The van der Waals surface area contributed by atoms with Gasteiger partial charge in [-0.1, -0.05) is 12.8 Å². The average molecular weight is 645 g/mol. The van der Waals surface area contributed by atoms with Crippen LogP contribution in [0.15, 0.2) is 45.6 Å². The quantitative estimate of drug-likeness (QED) is 0.206. The van der Waals surface area contributed by atoms with Crippen LogP contribution in [-0.4, -0.2) is 36.2 Å². The van der Waals surface area contributed by atoms with E-state index >= 15 is 0 Å². The number of hydrogen-bond acceptors (Lipinski definition) is 4. The van der Waals surface area contributed by atoms with Crippen LogP contribution in [0.5, 0.6) is 0 Å². The minimum absolute atomic E-state index is 0. The third kappa shape index (κ3) is 14.1. The molecule has 20 radical (unpaired) electrons. The zero-order valence-corrected chi connectivity index (χ0v) is 26.0. The second-order valence-corrected chi connectivity index (χ2v) is 9.74. The summed E-state index contributed by atoms with van der Waals surface area (Å²) >= 11 is 0. The molecule has 4 fully saturated rings. The van der Waals surface area contributed by atoms with Crippen molar-refractivity contribution < 1.29 is 48.1 Å². The van der Waals surface area contributed by atoms with Crippen LogP contribution in [0.1, 0.15) is 37.2 Å². The molecule has 0 aliphatic heterocycles. The molecule has 6 heteroatoms. The summed E-state index contributed by atoms with van der Waals surface area (Å²) in [6, 6.07) is 7.69. The normalized spacial score (nSPS) is 19.7. The van der Waals surface area contributed by atoms with Gasteiger partial charge in [-0.05, 0) is 158 Å². The van der Waals surface area contributed by atoms with E-state index < -0.39 is 0 Å². The number of rotatable bonds is 12. The zero-order chi connectivity index (χ0) is 27.7. The Morgan fingerprint density at radius 1 is 0.524 bits per heavy atom. The van der Waals surface area contributed by atoms with Crippen LogP contribution >= 0.6 is 0 Å². The fourth-order valence-corrected chi connectivity index (χ4v) is 4.53. The van der Waals surface area contributed by atoms with Crippen molar-refractivity contribution in [1.82, 2.24) is 4.90 Å². The van der Waals surface area contributed by atoms with Gasteiger partial charge in [0.1, 0.15) is 11.5 Å². The summed E-state index contributed by atoms with van der Waals surface area (Å²) in [4.78, 5) is 2.52. The molecule has 0 amide bonds. The Bertz CT molecular complexity index is 771. The standard InChI is InChI=1S/C18H25NO.2C9H7O.2Fe/c20-14-8-2-1-7-13-19(15-17-9-3-4-10-17)16-18-11-5-6-12-18;2*1-2-5-8(4-1)9-6-3-7-10-9;;/h3-6,9-12,20H,1-2,7-8,13-16H2;2*1-7H;;/q;;;2*+2. The Kier molecular flexibility index (Phi) is 20.6. The smallest absolute Gasteiger partial charge is 0.469 e. The van der Waals surface area contributed by atoms with Gasteiger partial charge in [-0.15, -0.1) is 0 Å². The van der Waals surface area contributed by atoms with Crippen LogP contribution in [-0.2, 0) is 34.1 Å². The van der Waals surface area contributed by atoms with Gasteiger partial charge in [0.25, 0.3) is 0 Å². The van der Waals surface area contributed by atoms with E-state index in [1.165, 1.54) is 24.7 Å². The molecule has 0 saturated heterocycles. The Morgan fingerprint density at radius 2 is 0.929 bits per heavy atom. The van der Waals surface area contributed by atoms with E-state index in [0.717, 1.165) is 55.8 Å². The summed E-state index contributed by atoms with van der Waals surface area (Å²) in [5.74, 6) is 6.95. The van der Waals surface area contributed by atoms with Crippen molar-refractivity contribution in [3.63, 3.8) is 0 Å². The third-order valence-electron chi connectivity index (χ3n) is 6.59.